The van der Waals surface area contributed by atoms with E-state index in [0.717, 1.165) is 25.2 Å². The van der Waals surface area contributed by atoms with Crippen LogP contribution in [-0.4, -0.2) is 37.9 Å². The molecule has 116 valence electrons. The van der Waals surface area contributed by atoms with Crippen molar-refractivity contribution in [2.75, 3.05) is 6.54 Å². The Balaban J connectivity index is 1.75. The summed E-state index contributed by atoms with van der Waals surface area (Å²) in [4.78, 5) is 23.1. The van der Waals surface area contributed by atoms with Crippen LogP contribution < -0.4 is 0 Å². The quantitative estimate of drug-likeness (QED) is 0.871. The summed E-state index contributed by atoms with van der Waals surface area (Å²) in [6.07, 6.45) is 12.9. The lowest BCUT2D eigenvalue weighted by atomic mass is 9.94. The first-order chi connectivity index (χ1) is 10.8. The zero-order valence-electron chi connectivity index (χ0n) is 13.0. The van der Waals surface area contributed by atoms with Gasteiger partial charge in [0.15, 0.2) is 0 Å². The number of carbonyl (C=O) groups is 1. The highest BCUT2D eigenvalue weighted by Gasteiger charge is 2.25. The number of imidazole rings is 1. The third-order valence-corrected chi connectivity index (χ3v) is 4.38. The van der Waals surface area contributed by atoms with Crippen LogP contribution in [-0.2, 0) is 0 Å². The van der Waals surface area contributed by atoms with Crippen molar-refractivity contribution in [1.29, 1.82) is 0 Å². The van der Waals surface area contributed by atoms with E-state index in [1.54, 1.807) is 18.7 Å². The van der Waals surface area contributed by atoms with Gasteiger partial charge in [-0.2, -0.15) is 0 Å². The first kappa shape index (κ1) is 14.8. The molecule has 2 aromatic heterocycles. The Morgan fingerprint density at radius 1 is 1.32 bits per heavy atom. The van der Waals surface area contributed by atoms with E-state index in [4.69, 9.17) is 0 Å². The molecule has 0 spiro atoms. The van der Waals surface area contributed by atoms with E-state index in [9.17, 15) is 4.79 Å². The normalized spacial score (nSPS) is 15.7. The van der Waals surface area contributed by atoms with Gasteiger partial charge in [-0.05, 0) is 31.9 Å². The summed E-state index contributed by atoms with van der Waals surface area (Å²) >= 11 is 0. The molecular formula is C17H22N4O. The number of rotatable bonds is 4. The molecule has 0 unspecified atom stereocenters. The number of aromatic nitrogens is 3. The van der Waals surface area contributed by atoms with E-state index in [1.807, 2.05) is 27.8 Å². The van der Waals surface area contributed by atoms with E-state index >= 15 is 0 Å². The van der Waals surface area contributed by atoms with Crippen molar-refractivity contribution in [3.8, 4) is 5.82 Å². The molecule has 0 radical (unpaired) electrons. The maximum Gasteiger partial charge on any atom is 0.255 e. The maximum absolute atomic E-state index is 12.7. The van der Waals surface area contributed by atoms with E-state index in [-0.39, 0.29) is 5.91 Å². The Labute approximate surface area is 131 Å². The van der Waals surface area contributed by atoms with Crippen molar-refractivity contribution in [2.24, 2.45) is 0 Å². The average molecular weight is 298 g/mol. The van der Waals surface area contributed by atoms with E-state index in [1.165, 1.54) is 19.3 Å². The highest BCUT2D eigenvalue weighted by atomic mass is 16.2. The predicted octanol–water partition coefficient (Wildman–Crippen LogP) is 3.06. The minimum atomic E-state index is 0.0964. The largest absolute Gasteiger partial charge is 0.336 e. The lowest BCUT2D eigenvalue weighted by molar-refractivity contribution is 0.0647. The fourth-order valence-corrected chi connectivity index (χ4v) is 3.19. The number of hydrogen-bond acceptors (Lipinski definition) is 3. The molecule has 0 atom stereocenters. The number of pyridine rings is 1. The van der Waals surface area contributed by atoms with Crippen molar-refractivity contribution < 1.29 is 4.79 Å². The van der Waals surface area contributed by atoms with E-state index in [0.29, 0.717) is 11.6 Å². The van der Waals surface area contributed by atoms with Gasteiger partial charge in [-0.1, -0.05) is 19.3 Å². The molecule has 22 heavy (non-hydrogen) atoms. The van der Waals surface area contributed by atoms with Crippen LogP contribution in [0.4, 0.5) is 0 Å². The third kappa shape index (κ3) is 3.03. The molecule has 1 saturated carbocycles. The average Bonchev–Trinajstić information content (AvgIpc) is 3.11. The van der Waals surface area contributed by atoms with Gasteiger partial charge in [0.05, 0.1) is 5.56 Å². The van der Waals surface area contributed by atoms with Crippen LogP contribution in [0, 0.1) is 0 Å². The summed E-state index contributed by atoms with van der Waals surface area (Å²) in [6, 6.07) is 4.11. The Hall–Kier alpha value is -2.17. The summed E-state index contributed by atoms with van der Waals surface area (Å²) in [5.74, 6) is 0.869. The molecule has 5 heteroatoms. The smallest absolute Gasteiger partial charge is 0.255 e. The SMILES string of the molecule is CCN(C(=O)c1ccc(-n2ccnc2)nc1)C1CCCCC1. The third-order valence-electron chi connectivity index (χ3n) is 4.38. The van der Waals surface area contributed by atoms with Gasteiger partial charge in [0.1, 0.15) is 12.1 Å². The first-order valence-electron chi connectivity index (χ1n) is 8.05. The van der Waals surface area contributed by atoms with Crippen molar-refractivity contribution in [3.05, 3.63) is 42.6 Å². The topological polar surface area (TPSA) is 51.0 Å². The zero-order valence-corrected chi connectivity index (χ0v) is 13.0. The Bertz CT molecular complexity index is 600. The predicted molar refractivity (Wildman–Crippen MR) is 84.9 cm³/mol. The monoisotopic (exact) mass is 298 g/mol. The summed E-state index contributed by atoms with van der Waals surface area (Å²) in [5, 5.41) is 0. The van der Waals surface area contributed by atoms with Gasteiger partial charge in [0.25, 0.3) is 5.91 Å². The molecule has 0 aromatic carbocycles. The van der Waals surface area contributed by atoms with Crippen molar-refractivity contribution in [2.45, 2.75) is 45.1 Å². The van der Waals surface area contributed by atoms with Gasteiger partial charge in [0, 0.05) is 31.2 Å². The molecule has 1 fully saturated rings. The zero-order chi connectivity index (χ0) is 15.4. The summed E-state index contributed by atoms with van der Waals surface area (Å²) < 4.78 is 1.83. The Kier molecular flexibility index (Phi) is 4.51. The van der Waals surface area contributed by atoms with Gasteiger partial charge in [-0.25, -0.2) is 9.97 Å². The minimum absolute atomic E-state index is 0.0964. The van der Waals surface area contributed by atoms with Gasteiger partial charge in [-0.15, -0.1) is 0 Å². The Morgan fingerprint density at radius 3 is 2.73 bits per heavy atom. The molecule has 2 heterocycles. The highest BCUT2D eigenvalue weighted by molar-refractivity contribution is 5.94. The molecule has 0 bridgehead atoms. The van der Waals surface area contributed by atoms with Crippen LogP contribution in [0.15, 0.2) is 37.1 Å². The van der Waals surface area contributed by atoms with Crippen LogP contribution in [0.25, 0.3) is 5.82 Å². The maximum atomic E-state index is 12.7. The van der Waals surface area contributed by atoms with Crippen LogP contribution in [0.1, 0.15) is 49.4 Å². The molecule has 0 N–H and O–H groups in total. The molecule has 1 amide bonds. The van der Waals surface area contributed by atoms with Crippen LogP contribution in [0.5, 0.6) is 0 Å². The standard InChI is InChI=1S/C17H22N4O/c1-2-21(15-6-4-3-5-7-15)17(22)14-8-9-16(19-12-14)20-11-10-18-13-20/h8-13,15H,2-7H2,1H3. The van der Waals surface area contributed by atoms with Gasteiger partial charge < -0.3 is 4.90 Å². The summed E-state index contributed by atoms with van der Waals surface area (Å²) in [6.45, 7) is 2.81. The van der Waals surface area contributed by atoms with E-state index < -0.39 is 0 Å². The van der Waals surface area contributed by atoms with Gasteiger partial charge in [-0.3, -0.25) is 9.36 Å². The second-order valence-electron chi connectivity index (χ2n) is 5.76. The molecule has 5 nitrogen and oxygen atoms in total. The number of hydrogen-bond donors (Lipinski definition) is 0. The van der Waals surface area contributed by atoms with Gasteiger partial charge in [0.2, 0.25) is 0 Å². The molecular weight excluding hydrogens is 276 g/mol. The number of nitrogens with zero attached hydrogens (tertiary/aromatic N) is 4. The van der Waals surface area contributed by atoms with Crippen LogP contribution in [0.3, 0.4) is 0 Å². The van der Waals surface area contributed by atoms with Crippen LogP contribution in [0.2, 0.25) is 0 Å². The lowest BCUT2D eigenvalue weighted by Gasteiger charge is -2.33. The molecule has 0 saturated heterocycles. The number of amides is 1. The molecule has 3 rings (SSSR count). The minimum Gasteiger partial charge on any atom is -0.336 e. The van der Waals surface area contributed by atoms with Crippen molar-refractivity contribution in [1.82, 2.24) is 19.4 Å². The second-order valence-corrected chi connectivity index (χ2v) is 5.76. The highest BCUT2D eigenvalue weighted by Crippen LogP contribution is 2.23. The summed E-state index contributed by atoms with van der Waals surface area (Å²) in [5.41, 5.74) is 0.663. The molecule has 0 aliphatic heterocycles. The first-order valence-corrected chi connectivity index (χ1v) is 8.05. The second kappa shape index (κ2) is 6.73. The fraction of sp³-hybridized carbons (Fsp3) is 0.471. The lowest BCUT2D eigenvalue weighted by Crippen LogP contribution is -2.41. The number of carbonyl (C=O) groups excluding carboxylic acids is 1. The fourth-order valence-electron chi connectivity index (χ4n) is 3.19. The molecule has 1 aliphatic carbocycles. The van der Waals surface area contributed by atoms with Crippen molar-refractivity contribution >= 4 is 5.91 Å². The Morgan fingerprint density at radius 2 is 2.14 bits per heavy atom. The van der Waals surface area contributed by atoms with Crippen molar-refractivity contribution in [3.63, 3.8) is 0 Å². The van der Waals surface area contributed by atoms with Gasteiger partial charge >= 0.3 is 0 Å². The summed E-state index contributed by atoms with van der Waals surface area (Å²) in [7, 11) is 0. The van der Waals surface area contributed by atoms with Crippen LogP contribution >= 0.6 is 0 Å². The molecule has 1 aliphatic rings. The van der Waals surface area contributed by atoms with E-state index in [2.05, 4.69) is 16.9 Å². The molecule has 2 aromatic rings.